The molecular formula is C3H8N2O2. The van der Waals surface area contributed by atoms with E-state index in [1.807, 2.05) is 0 Å². The van der Waals surface area contributed by atoms with Gasteiger partial charge in [-0.05, 0) is 6.92 Å². The molecule has 0 radical (unpaired) electrons. The molecular weight excluding hydrogens is 96.0 g/mol. The highest BCUT2D eigenvalue weighted by Crippen LogP contribution is 1.76. The lowest BCUT2D eigenvalue weighted by atomic mass is 10.4. The number of aliphatic hydroxyl groups is 2. The molecule has 4 heteroatoms. The predicted octanol–water partition coefficient (Wildman–Crippen LogP) is -1.37. The molecule has 0 aliphatic carbocycles. The summed E-state index contributed by atoms with van der Waals surface area (Å²) in [6.07, 6.45) is -1.51. The summed E-state index contributed by atoms with van der Waals surface area (Å²) in [5, 5.41) is 19.3. The summed E-state index contributed by atoms with van der Waals surface area (Å²) in [6, 6.07) is 0. The summed E-state index contributed by atoms with van der Waals surface area (Å²) in [4.78, 5) is 0. The molecule has 7 heavy (non-hydrogen) atoms. The molecule has 0 rings (SSSR count). The Kier molecular flexibility index (Phi) is 2.32. The monoisotopic (exact) mass is 104 g/mol. The maximum absolute atomic E-state index is 8.17. The number of nitrogens with zero attached hydrogens (tertiary/aromatic N) is 1. The van der Waals surface area contributed by atoms with Crippen LogP contribution in [0.5, 0.6) is 0 Å². The van der Waals surface area contributed by atoms with Crippen LogP contribution in [0.2, 0.25) is 0 Å². The highest BCUT2D eigenvalue weighted by molar-refractivity contribution is 5.84. The van der Waals surface area contributed by atoms with Gasteiger partial charge in [0.05, 0.1) is 5.71 Å². The minimum absolute atomic E-state index is 0.111. The van der Waals surface area contributed by atoms with Gasteiger partial charge in [0, 0.05) is 0 Å². The normalized spacial score (nSPS) is 12.9. The maximum atomic E-state index is 8.17. The molecule has 0 aromatic heterocycles. The Hall–Kier alpha value is -0.610. The van der Waals surface area contributed by atoms with E-state index in [0.29, 0.717) is 0 Å². The molecule has 0 bridgehead atoms. The van der Waals surface area contributed by atoms with Crippen LogP contribution in [-0.4, -0.2) is 22.2 Å². The van der Waals surface area contributed by atoms with Crippen molar-refractivity contribution in [1.29, 1.82) is 0 Å². The zero-order chi connectivity index (χ0) is 5.86. The van der Waals surface area contributed by atoms with Gasteiger partial charge in [0.15, 0.2) is 6.29 Å². The third kappa shape index (κ3) is 2.13. The second-order valence-electron chi connectivity index (χ2n) is 1.14. The van der Waals surface area contributed by atoms with E-state index in [2.05, 4.69) is 10.9 Å². The topological polar surface area (TPSA) is 78.8 Å². The third-order valence-electron chi connectivity index (χ3n) is 0.577. The fraction of sp³-hybridized carbons (Fsp3) is 0.667. The van der Waals surface area contributed by atoms with Gasteiger partial charge in [-0.15, -0.1) is 0 Å². The van der Waals surface area contributed by atoms with E-state index in [4.69, 9.17) is 10.2 Å². The molecule has 0 unspecified atom stereocenters. The number of hydrogen-bond acceptors (Lipinski definition) is 4. The minimum Gasteiger partial charge on any atom is -0.363 e. The lowest BCUT2D eigenvalue weighted by Gasteiger charge is -1.96. The molecule has 0 aliphatic heterocycles. The molecule has 0 fully saturated rings. The summed E-state index contributed by atoms with van der Waals surface area (Å²) in [6.45, 7) is 1.42. The summed E-state index contributed by atoms with van der Waals surface area (Å²) in [5.74, 6) is 4.64. The Balaban J connectivity index is 3.56. The van der Waals surface area contributed by atoms with Gasteiger partial charge in [0.1, 0.15) is 0 Å². The number of aliphatic hydroxyl groups excluding tert-OH is 1. The quantitative estimate of drug-likeness (QED) is 0.166. The van der Waals surface area contributed by atoms with E-state index in [1.165, 1.54) is 6.92 Å². The van der Waals surface area contributed by atoms with Gasteiger partial charge in [-0.1, -0.05) is 0 Å². The van der Waals surface area contributed by atoms with E-state index in [-0.39, 0.29) is 5.71 Å². The predicted molar refractivity (Wildman–Crippen MR) is 25.5 cm³/mol. The van der Waals surface area contributed by atoms with E-state index in [1.54, 1.807) is 0 Å². The van der Waals surface area contributed by atoms with E-state index >= 15 is 0 Å². The summed E-state index contributed by atoms with van der Waals surface area (Å²) < 4.78 is 0. The number of nitrogens with two attached hydrogens (primary N) is 1. The Morgan fingerprint density at radius 1 is 1.71 bits per heavy atom. The van der Waals surface area contributed by atoms with Crippen molar-refractivity contribution in [1.82, 2.24) is 0 Å². The van der Waals surface area contributed by atoms with Crippen LogP contribution in [0.4, 0.5) is 0 Å². The molecule has 0 aromatic rings. The Morgan fingerprint density at radius 3 is 2.14 bits per heavy atom. The zero-order valence-electron chi connectivity index (χ0n) is 4.00. The van der Waals surface area contributed by atoms with Gasteiger partial charge in [-0.25, -0.2) is 0 Å². The van der Waals surface area contributed by atoms with Crippen LogP contribution in [0, 0.1) is 0 Å². The molecule has 4 N–H and O–H groups in total. The van der Waals surface area contributed by atoms with Crippen LogP contribution in [0.25, 0.3) is 0 Å². The van der Waals surface area contributed by atoms with Crippen molar-refractivity contribution < 1.29 is 10.2 Å². The second kappa shape index (κ2) is 2.54. The largest absolute Gasteiger partial charge is 0.363 e. The molecule has 0 saturated heterocycles. The van der Waals surface area contributed by atoms with Crippen LogP contribution < -0.4 is 5.84 Å². The van der Waals surface area contributed by atoms with E-state index < -0.39 is 6.29 Å². The van der Waals surface area contributed by atoms with Crippen molar-refractivity contribution in [2.75, 3.05) is 0 Å². The van der Waals surface area contributed by atoms with Crippen molar-refractivity contribution >= 4 is 5.71 Å². The van der Waals surface area contributed by atoms with Crippen molar-refractivity contribution in [3.05, 3.63) is 0 Å². The van der Waals surface area contributed by atoms with E-state index in [0.717, 1.165) is 0 Å². The number of hydrogen-bond donors (Lipinski definition) is 3. The second-order valence-corrected chi connectivity index (χ2v) is 1.14. The maximum Gasteiger partial charge on any atom is 0.193 e. The van der Waals surface area contributed by atoms with Crippen LogP contribution >= 0.6 is 0 Å². The first-order valence-corrected chi connectivity index (χ1v) is 1.79. The standard InChI is InChI=1S/C3H8N2O2/c1-2(5-4)3(6)7/h3,6-7H,4H2,1H3. The summed E-state index contributed by atoms with van der Waals surface area (Å²) >= 11 is 0. The summed E-state index contributed by atoms with van der Waals surface area (Å²) in [7, 11) is 0. The highest BCUT2D eigenvalue weighted by atomic mass is 16.5. The van der Waals surface area contributed by atoms with Gasteiger partial charge in [0.25, 0.3) is 0 Å². The van der Waals surface area contributed by atoms with E-state index in [9.17, 15) is 0 Å². The van der Waals surface area contributed by atoms with Crippen molar-refractivity contribution in [2.45, 2.75) is 13.2 Å². The first-order valence-electron chi connectivity index (χ1n) is 1.79. The number of rotatable bonds is 1. The van der Waals surface area contributed by atoms with Crippen LogP contribution in [0.1, 0.15) is 6.92 Å². The lowest BCUT2D eigenvalue weighted by Crippen LogP contribution is -2.17. The first-order chi connectivity index (χ1) is 3.18. The molecule has 4 nitrogen and oxygen atoms in total. The highest BCUT2D eigenvalue weighted by Gasteiger charge is 1.97. The molecule has 0 aliphatic rings. The molecule has 0 spiro atoms. The lowest BCUT2D eigenvalue weighted by molar-refractivity contribution is 0.0190. The van der Waals surface area contributed by atoms with Crippen molar-refractivity contribution in [2.24, 2.45) is 10.9 Å². The third-order valence-corrected chi connectivity index (χ3v) is 0.577. The molecule has 0 atom stereocenters. The SMILES string of the molecule is CC(=NN)C(O)O. The molecule has 0 saturated carbocycles. The van der Waals surface area contributed by atoms with Crippen LogP contribution in [-0.2, 0) is 0 Å². The fourth-order valence-electron chi connectivity index (χ4n) is 0.0667. The number of hydrazone groups is 1. The van der Waals surface area contributed by atoms with Gasteiger partial charge in [0.2, 0.25) is 0 Å². The van der Waals surface area contributed by atoms with Crippen LogP contribution in [0.15, 0.2) is 5.10 Å². The van der Waals surface area contributed by atoms with Gasteiger partial charge in [-0.3, -0.25) is 0 Å². The van der Waals surface area contributed by atoms with Gasteiger partial charge >= 0.3 is 0 Å². The average Bonchev–Trinajstić information content (AvgIpc) is 1.65. The zero-order valence-corrected chi connectivity index (χ0v) is 4.00. The van der Waals surface area contributed by atoms with Crippen molar-refractivity contribution in [3.8, 4) is 0 Å². The fourth-order valence-corrected chi connectivity index (χ4v) is 0.0667. The summed E-state index contributed by atoms with van der Waals surface area (Å²) in [5.41, 5.74) is 0.111. The molecule has 0 aromatic carbocycles. The van der Waals surface area contributed by atoms with Gasteiger partial charge in [-0.2, -0.15) is 5.10 Å². The average molecular weight is 104 g/mol. The molecule has 0 heterocycles. The smallest absolute Gasteiger partial charge is 0.193 e. The molecule has 42 valence electrons. The minimum atomic E-state index is -1.51. The molecule has 0 amide bonds. The van der Waals surface area contributed by atoms with Crippen molar-refractivity contribution in [3.63, 3.8) is 0 Å². The Bertz CT molecular complexity index is 79.0. The Labute approximate surface area is 41.3 Å². The first kappa shape index (κ1) is 6.39. The van der Waals surface area contributed by atoms with Gasteiger partial charge < -0.3 is 16.1 Å². The van der Waals surface area contributed by atoms with Crippen LogP contribution in [0.3, 0.4) is 0 Å². The Morgan fingerprint density at radius 2 is 2.14 bits per heavy atom.